The molecule has 3 rings (SSSR count). The minimum Gasteiger partial charge on any atom is -0.465 e. The van der Waals surface area contributed by atoms with Crippen molar-refractivity contribution in [3.63, 3.8) is 0 Å². The molecule has 2 aliphatic rings. The summed E-state index contributed by atoms with van der Waals surface area (Å²) in [4.78, 5) is 17.5. The van der Waals surface area contributed by atoms with Crippen LogP contribution in [0.3, 0.4) is 0 Å². The van der Waals surface area contributed by atoms with Crippen molar-refractivity contribution in [3.05, 3.63) is 23.8 Å². The molecular weight excluding hydrogens is 348 g/mol. The Kier molecular flexibility index (Phi) is 6.82. The zero-order chi connectivity index (χ0) is 19.2. The summed E-state index contributed by atoms with van der Waals surface area (Å²) in [5, 5.41) is 19.1. The van der Waals surface area contributed by atoms with Gasteiger partial charge in [-0.15, -0.1) is 0 Å². The summed E-state index contributed by atoms with van der Waals surface area (Å²) in [6.07, 6.45) is 5.11. The number of aliphatic imine (C=N–C) groups is 1. The average Bonchev–Trinajstić information content (AvgIpc) is 2.67. The van der Waals surface area contributed by atoms with Crippen LogP contribution in [0.5, 0.6) is 5.75 Å². The van der Waals surface area contributed by atoms with Gasteiger partial charge >= 0.3 is 0 Å². The maximum Gasteiger partial charge on any atom is 0.210 e. The second kappa shape index (κ2) is 9.30. The Morgan fingerprint density at radius 1 is 1.37 bits per heavy atom. The fraction of sp³-hybridized carbons (Fsp3) is 0.600. The number of amides is 1. The second-order valence-corrected chi connectivity index (χ2v) is 7.25. The van der Waals surface area contributed by atoms with Crippen molar-refractivity contribution in [1.29, 1.82) is 0 Å². The SMILES string of the molecule is Cc1cc(OC2CC(O)CC(CO)O2)ccc1N=CC1CCCCN1C=O. The molecule has 2 fully saturated rings. The van der Waals surface area contributed by atoms with E-state index in [2.05, 4.69) is 4.99 Å². The molecule has 2 saturated heterocycles. The Bertz CT molecular complexity index is 666. The highest BCUT2D eigenvalue weighted by atomic mass is 16.7. The molecule has 0 spiro atoms. The maximum absolute atomic E-state index is 11.2. The number of carbonyl (C=O) groups is 1. The molecular formula is C20H28N2O5. The van der Waals surface area contributed by atoms with E-state index in [1.807, 2.05) is 31.3 Å². The number of piperidine rings is 1. The zero-order valence-corrected chi connectivity index (χ0v) is 15.7. The van der Waals surface area contributed by atoms with Crippen molar-refractivity contribution in [1.82, 2.24) is 4.90 Å². The van der Waals surface area contributed by atoms with E-state index in [1.165, 1.54) is 0 Å². The molecule has 2 heterocycles. The number of hydrogen-bond acceptors (Lipinski definition) is 6. The van der Waals surface area contributed by atoms with Gasteiger partial charge in [0.1, 0.15) is 5.75 Å². The molecule has 1 aromatic carbocycles. The number of carbonyl (C=O) groups excluding carboxylic acids is 1. The molecule has 1 aromatic rings. The lowest BCUT2D eigenvalue weighted by Gasteiger charge is -2.32. The molecule has 1 amide bonds. The van der Waals surface area contributed by atoms with Crippen LogP contribution < -0.4 is 4.74 Å². The smallest absolute Gasteiger partial charge is 0.210 e. The van der Waals surface area contributed by atoms with Crippen molar-refractivity contribution in [3.8, 4) is 5.75 Å². The lowest BCUT2D eigenvalue weighted by atomic mass is 10.0. The predicted molar refractivity (Wildman–Crippen MR) is 101 cm³/mol. The minimum atomic E-state index is -0.581. The highest BCUT2D eigenvalue weighted by molar-refractivity contribution is 5.73. The largest absolute Gasteiger partial charge is 0.465 e. The Hall–Kier alpha value is -1.96. The predicted octanol–water partition coefficient (Wildman–Crippen LogP) is 1.95. The number of benzene rings is 1. The molecule has 4 unspecified atom stereocenters. The van der Waals surface area contributed by atoms with Gasteiger partial charge in [-0.25, -0.2) is 0 Å². The van der Waals surface area contributed by atoms with Crippen LogP contribution in [0, 0.1) is 6.92 Å². The monoisotopic (exact) mass is 376 g/mol. The van der Waals surface area contributed by atoms with Gasteiger partial charge in [-0.05, 0) is 49.9 Å². The number of rotatable bonds is 6. The van der Waals surface area contributed by atoms with Gasteiger partial charge in [0.15, 0.2) is 0 Å². The highest BCUT2D eigenvalue weighted by Gasteiger charge is 2.29. The van der Waals surface area contributed by atoms with E-state index in [1.54, 1.807) is 4.90 Å². The number of ether oxygens (including phenoxy) is 2. The Morgan fingerprint density at radius 2 is 2.22 bits per heavy atom. The molecule has 0 bridgehead atoms. The third-order valence-corrected chi connectivity index (χ3v) is 5.10. The normalized spacial score (nSPS) is 29.1. The topological polar surface area (TPSA) is 91.6 Å². The van der Waals surface area contributed by atoms with Crippen LogP contribution in [-0.2, 0) is 9.53 Å². The molecule has 4 atom stereocenters. The van der Waals surface area contributed by atoms with E-state index < -0.39 is 18.5 Å². The van der Waals surface area contributed by atoms with Crippen molar-refractivity contribution in [2.45, 2.75) is 63.6 Å². The van der Waals surface area contributed by atoms with Crippen molar-refractivity contribution in [2.75, 3.05) is 13.2 Å². The Morgan fingerprint density at radius 3 is 2.96 bits per heavy atom. The van der Waals surface area contributed by atoms with Crippen LogP contribution >= 0.6 is 0 Å². The first-order valence-electron chi connectivity index (χ1n) is 9.56. The third kappa shape index (κ3) is 5.28. The van der Waals surface area contributed by atoms with Crippen molar-refractivity contribution >= 4 is 18.3 Å². The molecule has 2 aliphatic heterocycles. The van der Waals surface area contributed by atoms with Crippen LogP contribution in [0.4, 0.5) is 5.69 Å². The van der Waals surface area contributed by atoms with Gasteiger partial charge in [0.05, 0.1) is 30.5 Å². The molecule has 0 aliphatic carbocycles. The summed E-state index contributed by atoms with van der Waals surface area (Å²) in [7, 11) is 0. The zero-order valence-electron chi connectivity index (χ0n) is 15.7. The summed E-state index contributed by atoms with van der Waals surface area (Å²) >= 11 is 0. The van der Waals surface area contributed by atoms with Crippen LogP contribution in [0.1, 0.15) is 37.7 Å². The van der Waals surface area contributed by atoms with E-state index >= 15 is 0 Å². The van der Waals surface area contributed by atoms with E-state index in [9.17, 15) is 15.0 Å². The van der Waals surface area contributed by atoms with Gasteiger partial charge in [-0.1, -0.05) is 0 Å². The van der Waals surface area contributed by atoms with Crippen LogP contribution in [-0.4, -0.2) is 65.4 Å². The molecule has 0 radical (unpaired) electrons. The van der Waals surface area contributed by atoms with Gasteiger partial charge in [0, 0.05) is 25.6 Å². The number of likely N-dealkylation sites (tertiary alicyclic amines) is 1. The van der Waals surface area contributed by atoms with Crippen LogP contribution in [0.25, 0.3) is 0 Å². The van der Waals surface area contributed by atoms with Gasteiger partial charge in [0.25, 0.3) is 0 Å². The molecule has 7 heteroatoms. The molecule has 2 N–H and O–H groups in total. The maximum atomic E-state index is 11.2. The lowest BCUT2D eigenvalue weighted by Crippen LogP contribution is -2.40. The van der Waals surface area contributed by atoms with Crippen LogP contribution in [0.15, 0.2) is 23.2 Å². The van der Waals surface area contributed by atoms with Crippen LogP contribution in [0.2, 0.25) is 0 Å². The average molecular weight is 376 g/mol. The third-order valence-electron chi connectivity index (χ3n) is 5.10. The van der Waals surface area contributed by atoms with E-state index in [0.717, 1.165) is 43.5 Å². The molecule has 7 nitrogen and oxygen atoms in total. The van der Waals surface area contributed by atoms with Gasteiger partial charge in [0.2, 0.25) is 12.7 Å². The van der Waals surface area contributed by atoms with Crippen molar-refractivity contribution < 1.29 is 24.5 Å². The van der Waals surface area contributed by atoms with E-state index in [-0.39, 0.29) is 12.6 Å². The van der Waals surface area contributed by atoms with Gasteiger partial charge < -0.3 is 24.6 Å². The van der Waals surface area contributed by atoms with Crippen molar-refractivity contribution in [2.24, 2.45) is 4.99 Å². The fourth-order valence-electron chi connectivity index (χ4n) is 3.58. The number of hydrogen-bond donors (Lipinski definition) is 2. The first kappa shape index (κ1) is 19.8. The second-order valence-electron chi connectivity index (χ2n) is 7.25. The number of aryl methyl sites for hydroxylation is 1. The summed E-state index contributed by atoms with van der Waals surface area (Å²) in [5.74, 6) is 0.634. The fourth-order valence-corrected chi connectivity index (χ4v) is 3.58. The summed E-state index contributed by atoms with van der Waals surface area (Å²) in [6.45, 7) is 2.60. The summed E-state index contributed by atoms with van der Waals surface area (Å²) in [5.41, 5.74) is 1.78. The summed E-state index contributed by atoms with van der Waals surface area (Å²) < 4.78 is 11.5. The van der Waals surface area contributed by atoms with E-state index in [4.69, 9.17) is 9.47 Å². The molecule has 0 saturated carbocycles. The number of aliphatic hydroxyl groups is 2. The number of aliphatic hydroxyl groups excluding tert-OH is 2. The molecule has 27 heavy (non-hydrogen) atoms. The Labute approximate surface area is 159 Å². The van der Waals surface area contributed by atoms with Gasteiger partial charge in [-0.3, -0.25) is 9.79 Å². The summed E-state index contributed by atoms with van der Waals surface area (Å²) in [6, 6.07) is 5.62. The highest BCUT2D eigenvalue weighted by Crippen LogP contribution is 2.28. The Balaban J connectivity index is 1.63. The lowest BCUT2D eigenvalue weighted by molar-refractivity contribution is -0.184. The van der Waals surface area contributed by atoms with E-state index in [0.29, 0.717) is 18.6 Å². The first-order valence-corrected chi connectivity index (χ1v) is 9.56. The number of nitrogens with zero attached hydrogens (tertiary/aromatic N) is 2. The molecule has 148 valence electrons. The standard InChI is InChI=1S/C20H28N2O5/c1-14-8-17(26-20-10-16(25)9-18(12-23)27-20)5-6-19(14)21-11-15-4-2-3-7-22(15)13-24/h5-6,8,11,13,15-16,18,20,23,25H,2-4,7,9-10,12H2,1H3. The van der Waals surface area contributed by atoms with Gasteiger partial charge in [-0.2, -0.15) is 0 Å². The first-order chi connectivity index (χ1) is 13.1. The quantitative estimate of drug-likeness (QED) is 0.585. The molecule has 0 aromatic heterocycles. The minimum absolute atomic E-state index is 0.0547.